The maximum absolute atomic E-state index is 5.99. The van der Waals surface area contributed by atoms with Gasteiger partial charge in [-0.3, -0.25) is 4.90 Å². The molecule has 0 amide bonds. The van der Waals surface area contributed by atoms with Crippen LogP contribution >= 0.6 is 0 Å². The average molecular weight is 246 g/mol. The van der Waals surface area contributed by atoms with E-state index >= 15 is 0 Å². The first-order chi connectivity index (χ1) is 8.49. The van der Waals surface area contributed by atoms with E-state index < -0.39 is 0 Å². The van der Waals surface area contributed by atoms with Gasteiger partial charge in [0.05, 0.1) is 0 Å². The average Bonchev–Trinajstić information content (AvgIpc) is 2.34. The van der Waals surface area contributed by atoms with Gasteiger partial charge < -0.3 is 5.73 Å². The van der Waals surface area contributed by atoms with Gasteiger partial charge in [-0.05, 0) is 29.4 Å². The van der Waals surface area contributed by atoms with Crippen LogP contribution in [0.2, 0.25) is 0 Å². The summed E-state index contributed by atoms with van der Waals surface area (Å²) in [6.45, 7) is 9.87. The molecule has 0 aromatic heterocycles. The molecule has 2 nitrogen and oxygen atoms in total. The fourth-order valence-electron chi connectivity index (χ4n) is 2.90. The van der Waals surface area contributed by atoms with Gasteiger partial charge in [-0.25, -0.2) is 0 Å². The monoisotopic (exact) mass is 246 g/mol. The molecular formula is C16H26N2. The van der Waals surface area contributed by atoms with Gasteiger partial charge in [0, 0.05) is 25.7 Å². The number of nitrogens with zero attached hydrogens (tertiary/aromatic N) is 1. The van der Waals surface area contributed by atoms with Crippen LogP contribution in [-0.2, 0) is 13.0 Å². The van der Waals surface area contributed by atoms with Crippen LogP contribution in [0.4, 0.5) is 0 Å². The molecule has 1 aliphatic heterocycles. The molecule has 1 aliphatic rings. The molecule has 0 fully saturated rings. The molecule has 2 rings (SSSR count). The van der Waals surface area contributed by atoms with E-state index in [-0.39, 0.29) is 0 Å². The van der Waals surface area contributed by atoms with E-state index in [1.807, 2.05) is 0 Å². The van der Waals surface area contributed by atoms with Crippen molar-refractivity contribution in [3.8, 4) is 0 Å². The Balaban J connectivity index is 2.07. The highest BCUT2D eigenvalue weighted by atomic mass is 15.2. The summed E-state index contributed by atoms with van der Waals surface area (Å²) in [5.41, 5.74) is 9.33. The van der Waals surface area contributed by atoms with E-state index in [0.29, 0.717) is 11.5 Å². The lowest BCUT2D eigenvalue weighted by atomic mass is 9.86. The Morgan fingerprint density at radius 3 is 2.50 bits per heavy atom. The highest BCUT2D eigenvalue weighted by Crippen LogP contribution is 2.27. The van der Waals surface area contributed by atoms with Crippen LogP contribution in [0.25, 0.3) is 0 Å². The fraction of sp³-hybridized carbons (Fsp3) is 0.625. The minimum atomic E-state index is 0.348. The van der Waals surface area contributed by atoms with Crippen LogP contribution in [0.3, 0.4) is 0 Å². The van der Waals surface area contributed by atoms with Gasteiger partial charge in [0.1, 0.15) is 0 Å². The van der Waals surface area contributed by atoms with Crippen LogP contribution in [0, 0.1) is 5.41 Å². The van der Waals surface area contributed by atoms with Crippen LogP contribution < -0.4 is 5.73 Å². The van der Waals surface area contributed by atoms with E-state index in [1.165, 1.54) is 17.5 Å². The Morgan fingerprint density at radius 2 is 1.89 bits per heavy atom. The van der Waals surface area contributed by atoms with Crippen molar-refractivity contribution in [2.45, 2.75) is 46.2 Å². The molecule has 0 bridgehead atoms. The van der Waals surface area contributed by atoms with Gasteiger partial charge in [-0.15, -0.1) is 0 Å². The number of rotatable bonds is 3. The molecule has 1 unspecified atom stereocenters. The lowest BCUT2D eigenvalue weighted by Gasteiger charge is -2.38. The Hall–Kier alpha value is -0.860. The van der Waals surface area contributed by atoms with Crippen molar-refractivity contribution < 1.29 is 0 Å². The van der Waals surface area contributed by atoms with Crippen molar-refractivity contribution in [1.29, 1.82) is 0 Å². The molecule has 0 radical (unpaired) electrons. The predicted molar refractivity (Wildman–Crippen MR) is 77.5 cm³/mol. The van der Waals surface area contributed by atoms with Crippen molar-refractivity contribution >= 4 is 0 Å². The molecule has 0 saturated carbocycles. The molecule has 1 aromatic rings. The van der Waals surface area contributed by atoms with Gasteiger partial charge in [0.25, 0.3) is 0 Å². The highest BCUT2D eigenvalue weighted by molar-refractivity contribution is 5.29. The number of hydrogen-bond donors (Lipinski definition) is 1. The summed E-state index contributed by atoms with van der Waals surface area (Å²) in [6.07, 6.45) is 2.34. The summed E-state index contributed by atoms with van der Waals surface area (Å²) in [6, 6.07) is 9.31. The molecule has 0 spiro atoms. The zero-order valence-electron chi connectivity index (χ0n) is 11.9. The Morgan fingerprint density at radius 1 is 1.22 bits per heavy atom. The minimum absolute atomic E-state index is 0.348. The van der Waals surface area contributed by atoms with Crippen LogP contribution in [0.5, 0.6) is 0 Å². The predicted octanol–water partition coefficient (Wildman–Crippen LogP) is 2.81. The highest BCUT2D eigenvalue weighted by Gasteiger charge is 2.26. The van der Waals surface area contributed by atoms with Gasteiger partial charge in [-0.1, -0.05) is 45.0 Å². The van der Waals surface area contributed by atoms with Gasteiger partial charge in [-0.2, -0.15) is 0 Å². The minimum Gasteiger partial charge on any atom is -0.329 e. The van der Waals surface area contributed by atoms with Crippen LogP contribution in [-0.4, -0.2) is 24.0 Å². The molecule has 1 heterocycles. The summed E-state index contributed by atoms with van der Waals surface area (Å²) in [5.74, 6) is 0. The summed E-state index contributed by atoms with van der Waals surface area (Å²) < 4.78 is 0. The number of hydrogen-bond acceptors (Lipinski definition) is 2. The fourth-order valence-corrected chi connectivity index (χ4v) is 2.90. The molecule has 100 valence electrons. The second kappa shape index (κ2) is 5.41. The second-order valence-corrected chi connectivity index (χ2v) is 6.64. The summed E-state index contributed by atoms with van der Waals surface area (Å²) in [7, 11) is 0. The molecule has 1 atom stereocenters. The maximum Gasteiger partial charge on any atom is 0.0240 e. The van der Waals surface area contributed by atoms with Crippen molar-refractivity contribution in [2.75, 3.05) is 13.1 Å². The quantitative estimate of drug-likeness (QED) is 0.888. The SMILES string of the molecule is CC(C)(C)CC(CN)N1CCc2ccccc2C1. The first kappa shape index (κ1) is 13.6. The van der Waals surface area contributed by atoms with Crippen LogP contribution in [0.15, 0.2) is 24.3 Å². The Bertz CT molecular complexity index is 392. The lowest BCUT2D eigenvalue weighted by molar-refractivity contribution is 0.139. The topological polar surface area (TPSA) is 29.3 Å². The first-order valence-electron chi connectivity index (χ1n) is 7.00. The molecular weight excluding hydrogens is 220 g/mol. The van der Waals surface area contributed by atoms with E-state index in [9.17, 15) is 0 Å². The van der Waals surface area contributed by atoms with Gasteiger partial charge in [0.15, 0.2) is 0 Å². The normalized spacial score (nSPS) is 18.4. The zero-order valence-corrected chi connectivity index (χ0v) is 11.9. The molecule has 18 heavy (non-hydrogen) atoms. The van der Waals surface area contributed by atoms with Crippen molar-refractivity contribution in [3.63, 3.8) is 0 Å². The van der Waals surface area contributed by atoms with E-state index in [2.05, 4.69) is 49.9 Å². The van der Waals surface area contributed by atoms with Crippen LogP contribution in [0.1, 0.15) is 38.3 Å². The van der Waals surface area contributed by atoms with Gasteiger partial charge in [0.2, 0.25) is 0 Å². The summed E-state index contributed by atoms with van der Waals surface area (Å²) in [5, 5.41) is 0. The number of nitrogens with two attached hydrogens (primary N) is 1. The number of fused-ring (bicyclic) bond motifs is 1. The van der Waals surface area contributed by atoms with E-state index in [1.54, 1.807) is 0 Å². The van der Waals surface area contributed by atoms with Crippen molar-refractivity contribution in [2.24, 2.45) is 11.1 Å². The molecule has 1 aromatic carbocycles. The van der Waals surface area contributed by atoms with E-state index in [4.69, 9.17) is 5.73 Å². The Labute approximate surface area is 111 Å². The summed E-state index contributed by atoms with van der Waals surface area (Å²) in [4.78, 5) is 2.56. The smallest absolute Gasteiger partial charge is 0.0240 e. The summed E-state index contributed by atoms with van der Waals surface area (Å²) >= 11 is 0. The second-order valence-electron chi connectivity index (χ2n) is 6.64. The van der Waals surface area contributed by atoms with Crippen molar-refractivity contribution in [3.05, 3.63) is 35.4 Å². The standard InChI is InChI=1S/C16H26N2/c1-16(2,3)10-15(11-17)18-9-8-13-6-4-5-7-14(13)12-18/h4-7,15H,8-12,17H2,1-3H3. The third-order valence-corrected chi connectivity index (χ3v) is 3.80. The zero-order chi connectivity index (χ0) is 13.2. The number of benzene rings is 1. The maximum atomic E-state index is 5.99. The Kier molecular flexibility index (Phi) is 4.08. The third-order valence-electron chi connectivity index (χ3n) is 3.80. The molecule has 2 N–H and O–H groups in total. The molecule has 2 heteroatoms. The molecule has 0 aliphatic carbocycles. The first-order valence-corrected chi connectivity index (χ1v) is 7.00. The van der Waals surface area contributed by atoms with Gasteiger partial charge >= 0.3 is 0 Å². The van der Waals surface area contributed by atoms with Crippen molar-refractivity contribution in [1.82, 2.24) is 4.90 Å². The molecule has 0 saturated heterocycles. The largest absolute Gasteiger partial charge is 0.329 e. The van der Waals surface area contributed by atoms with E-state index in [0.717, 1.165) is 26.1 Å². The third kappa shape index (κ3) is 3.33. The lowest BCUT2D eigenvalue weighted by Crippen LogP contribution is -2.45.